The molecule has 6 heteroatoms. The summed E-state index contributed by atoms with van der Waals surface area (Å²) < 4.78 is 13.2. The van der Waals surface area contributed by atoms with E-state index < -0.39 is 12.2 Å². The molecular formula is C14H17N3O3. The summed E-state index contributed by atoms with van der Waals surface area (Å²) in [5, 5.41) is 14.4. The summed E-state index contributed by atoms with van der Waals surface area (Å²) >= 11 is 0. The molecule has 2 unspecified atom stereocenters. The fourth-order valence-electron chi connectivity index (χ4n) is 2.25. The van der Waals surface area contributed by atoms with Crippen LogP contribution in [0.2, 0.25) is 0 Å². The second kappa shape index (κ2) is 5.50. The zero-order valence-corrected chi connectivity index (χ0v) is 11.3. The van der Waals surface area contributed by atoms with Crippen molar-refractivity contribution in [1.29, 1.82) is 0 Å². The van der Waals surface area contributed by atoms with Crippen LogP contribution in [0, 0.1) is 0 Å². The molecule has 0 saturated heterocycles. The van der Waals surface area contributed by atoms with Gasteiger partial charge in [0.15, 0.2) is 17.6 Å². The van der Waals surface area contributed by atoms with Crippen molar-refractivity contribution in [3.63, 3.8) is 0 Å². The molecule has 0 spiro atoms. The number of para-hydroxylation sites is 2. The number of fused-ring (bicyclic) bond motifs is 1. The normalized spacial score (nSPS) is 18.8. The highest BCUT2D eigenvalue weighted by Crippen LogP contribution is 2.31. The highest BCUT2D eigenvalue weighted by Gasteiger charge is 2.28. The number of benzene rings is 1. The van der Waals surface area contributed by atoms with Crippen molar-refractivity contribution in [2.45, 2.75) is 32.1 Å². The first-order valence-corrected chi connectivity index (χ1v) is 6.71. The summed E-state index contributed by atoms with van der Waals surface area (Å²) in [6, 6.07) is 7.46. The van der Waals surface area contributed by atoms with Crippen LogP contribution in [-0.2, 0) is 13.0 Å². The lowest BCUT2D eigenvalue weighted by Crippen LogP contribution is -2.41. The quantitative estimate of drug-likeness (QED) is 0.903. The molecule has 0 bridgehead atoms. The second-order valence-electron chi connectivity index (χ2n) is 4.68. The summed E-state index contributed by atoms with van der Waals surface area (Å²) in [7, 11) is 0. The molecule has 2 atom stereocenters. The Morgan fingerprint density at radius 2 is 2.20 bits per heavy atom. The number of hydrogen-bond donors (Lipinski definition) is 1. The van der Waals surface area contributed by atoms with E-state index >= 15 is 0 Å². The summed E-state index contributed by atoms with van der Waals surface area (Å²) in [4.78, 5) is 4.16. The predicted octanol–water partition coefficient (Wildman–Crippen LogP) is 1.04. The topological polar surface area (TPSA) is 69.4 Å². The van der Waals surface area contributed by atoms with Crippen LogP contribution in [0.15, 0.2) is 30.6 Å². The van der Waals surface area contributed by atoms with Gasteiger partial charge in [-0.05, 0) is 19.1 Å². The van der Waals surface area contributed by atoms with Gasteiger partial charge in [-0.3, -0.25) is 4.68 Å². The number of aromatic nitrogens is 3. The van der Waals surface area contributed by atoms with Crippen molar-refractivity contribution >= 4 is 0 Å². The van der Waals surface area contributed by atoms with E-state index in [1.807, 2.05) is 31.2 Å². The molecule has 1 N–H and O–H groups in total. The average molecular weight is 275 g/mol. The Labute approximate surface area is 117 Å². The Balaban J connectivity index is 1.68. The van der Waals surface area contributed by atoms with E-state index in [1.54, 1.807) is 4.68 Å². The van der Waals surface area contributed by atoms with Gasteiger partial charge in [0.2, 0.25) is 0 Å². The van der Waals surface area contributed by atoms with Gasteiger partial charge in [0.05, 0.1) is 0 Å². The third-order valence-electron chi connectivity index (χ3n) is 3.35. The predicted molar refractivity (Wildman–Crippen MR) is 71.8 cm³/mol. The van der Waals surface area contributed by atoms with Crippen molar-refractivity contribution in [2.24, 2.45) is 0 Å². The molecule has 0 amide bonds. The maximum Gasteiger partial charge on any atom is 0.161 e. The molecular weight excluding hydrogens is 258 g/mol. The fourth-order valence-corrected chi connectivity index (χ4v) is 2.25. The number of aryl methyl sites for hydroxylation is 1. The molecule has 0 fully saturated rings. The largest absolute Gasteiger partial charge is 0.486 e. The number of rotatable bonds is 4. The zero-order valence-electron chi connectivity index (χ0n) is 11.3. The van der Waals surface area contributed by atoms with Crippen molar-refractivity contribution in [3.05, 3.63) is 36.4 Å². The van der Waals surface area contributed by atoms with Gasteiger partial charge in [0.1, 0.15) is 24.9 Å². The summed E-state index contributed by atoms with van der Waals surface area (Å²) in [5.41, 5.74) is 0. The minimum atomic E-state index is -0.683. The molecule has 1 aromatic carbocycles. The lowest BCUT2D eigenvalue weighted by atomic mass is 10.1. The van der Waals surface area contributed by atoms with E-state index in [-0.39, 0.29) is 0 Å². The second-order valence-corrected chi connectivity index (χ2v) is 4.68. The molecule has 0 aliphatic carbocycles. The van der Waals surface area contributed by atoms with Gasteiger partial charge in [-0.1, -0.05) is 12.1 Å². The molecule has 20 heavy (non-hydrogen) atoms. The lowest BCUT2D eigenvalue weighted by Gasteiger charge is -2.29. The number of aliphatic hydroxyl groups excluding tert-OH is 1. The van der Waals surface area contributed by atoms with Gasteiger partial charge >= 0.3 is 0 Å². The number of ether oxygens (including phenoxy) is 2. The molecule has 0 radical (unpaired) electrons. The van der Waals surface area contributed by atoms with E-state index in [9.17, 15) is 5.11 Å². The van der Waals surface area contributed by atoms with Crippen LogP contribution in [0.5, 0.6) is 11.5 Å². The lowest BCUT2D eigenvalue weighted by molar-refractivity contribution is -0.0107. The van der Waals surface area contributed by atoms with Crippen molar-refractivity contribution in [3.8, 4) is 11.5 Å². The Bertz CT molecular complexity index is 585. The van der Waals surface area contributed by atoms with E-state index in [0.717, 1.165) is 12.4 Å². The van der Waals surface area contributed by atoms with E-state index in [1.165, 1.54) is 6.33 Å². The van der Waals surface area contributed by atoms with Crippen LogP contribution in [0.4, 0.5) is 0 Å². The molecule has 0 saturated carbocycles. The third kappa shape index (κ3) is 2.46. The molecule has 2 aromatic rings. The number of aliphatic hydroxyl groups is 1. The van der Waals surface area contributed by atoms with Gasteiger partial charge in [-0.2, -0.15) is 5.10 Å². The van der Waals surface area contributed by atoms with Gasteiger partial charge in [-0.25, -0.2) is 4.98 Å². The maximum absolute atomic E-state index is 10.3. The first kappa shape index (κ1) is 12.9. The fraction of sp³-hybridized carbons (Fsp3) is 0.429. The van der Waals surface area contributed by atoms with Crippen molar-refractivity contribution < 1.29 is 14.6 Å². The molecule has 1 aliphatic heterocycles. The van der Waals surface area contributed by atoms with Crippen LogP contribution < -0.4 is 9.47 Å². The highest BCUT2D eigenvalue weighted by atomic mass is 16.6. The SMILES string of the molecule is CCn1ncnc1CC(O)C1COc2ccccc2O1. The molecule has 6 nitrogen and oxygen atoms in total. The van der Waals surface area contributed by atoms with Crippen LogP contribution in [-0.4, -0.2) is 38.7 Å². The molecule has 1 aromatic heterocycles. The van der Waals surface area contributed by atoms with Crippen LogP contribution in [0.1, 0.15) is 12.7 Å². The standard InChI is InChI=1S/C14H17N3O3/c1-2-17-14(15-9-16-17)7-10(18)13-8-19-11-5-3-4-6-12(11)20-13/h3-6,9-10,13,18H,2,7-8H2,1H3. The molecule has 3 rings (SSSR count). The molecule has 1 aliphatic rings. The summed E-state index contributed by atoms with van der Waals surface area (Å²) in [5.74, 6) is 2.13. The van der Waals surface area contributed by atoms with Crippen molar-refractivity contribution in [2.75, 3.05) is 6.61 Å². The van der Waals surface area contributed by atoms with Gasteiger partial charge < -0.3 is 14.6 Å². The number of hydrogen-bond acceptors (Lipinski definition) is 5. The van der Waals surface area contributed by atoms with Crippen LogP contribution in [0.25, 0.3) is 0 Å². The average Bonchev–Trinajstić information content (AvgIpc) is 2.94. The Morgan fingerprint density at radius 1 is 1.40 bits per heavy atom. The van der Waals surface area contributed by atoms with Crippen LogP contribution in [0.3, 0.4) is 0 Å². The summed E-state index contributed by atoms with van der Waals surface area (Å²) in [6.45, 7) is 3.05. The Kier molecular flexibility index (Phi) is 3.56. The van der Waals surface area contributed by atoms with Gasteiger partial charge in [0.25, 0.3) is 0 Å². The maximum atomic E-state index is 10.3. The summed E-state index contributed by atoms with van der Waals surface area (Å²) in [6.07, 6.45) is 0.813. The van der Waals surface area contributed by atoms with Gasteiger partial charge in [-0.15, -0.1) is 0 Å². The highest BCUT2D eigenvalue weighted by molar-refractivity contribution is 5.40. The molecule has 106 valence electrons. The smallest absolute Gasteiger partial charge is 0.161 e. The van der Waals surface area contributed by atoms with E-state index in [4.69, 9.17) is 9.47 Å². The van der Waals surface area contributed by atoms with Gasteiger partial charge in [0, 0.05) is 13.0 Å². The minimum absolute atomic E-state index is 0.332. The zero-order chi connectivity index (χ0) is 13.9. The molecule has 2 heterocycles. The Hall–Kier alpha value is -2.08. The van der Waals surface area contributed by atoms with Crippen molar-refractivity contribution in [1.82, 2.24) is 14.8 Å². The van der Waals surface area contributed by atoms with E-state index in [2.05, 4.69) is 10.1 Å². The Morgan fingerprint density at radius 3 is 3.00 bits per heavy atom. The number of nitrogens with zero attached hydrogens (tertiary/aromatic N) is 3. The van der Waals surface area contributed by atoms with E-state index in [0.29, 0.717) is 24.5 Å². The first-order chi connectivity index (χ1) is 9.78. The minimum Gasteiger partial charge on any atom is -0.486 e. The monoisotopic (exact) mass is 275 g/mol. The third-order valence-corrected chi connectivity index (χ3v) is 3.35. The van der Waals surface area contributed by atoms with Crippen LogP contribution >= 0.6 is 0 Å². The first-order valence-electron chi connectivity index (χ1n) is 6.71.